The van der Waals surface area contributed by atoms with E-state index in [0.717, 1.165) is 16.6 Å². The summed E-state index contributed by atoms with van der Waals surface area (Å²) < 4.78 is 5.10. The predicted octanol–water partition coefficient (Wildman–Crippen LogP) is 2.00. The van der Waals surface area contributed by atoms with Crippen molar-refractivity contribution in [3.8, 4) is 17.4 Å². The molecule has 0 atom stereocenters. The van der Waals surface area contributed by atoms with E-state index in [0.29, 0.717) is 23.2 Å². The minimum atomic E-state index is 0.464. The van der Waals surface area contributed by atoms with E-state index in [1.54, 1.807) is 24.5 Å². The van der Waals surface area contributed by atoms with Crippen LogP contribution in [0, 0.1) is 0 Å². The number of anilines is 1. The molecule has 0 spiro atoms. The minimum absolute atomic E-state index is 0.464. The van der Waals surface area contributed by atoms with E-state index in [1.165, 1.54) is 11.2 Å². The molecule has 3 heterocycles. The van der Waals surface area contributed by atoms with Crippen LogP contribution >= 0.6 is 11.3 Å². The third kappa shape index (κ3) is 2.50. The molecule has 7 nitrogen and oxygen atoms in total. The first-order valence-corrected chi connectivity index (χ1v) is 7.20. The van der Waals surface area contributed by atoms with Crippen LogP contribution in [0.3, 0.4) is 0 Å². The van der Waals surface area contributed by atoms with E-state index in [2.05, 4.69) is 38.4 Å². The van der Waals surface area contributed by atoms with Gasteiger partial charge in [0, 0.05) is 10.9 Å². The van der Waals surface area contributed by atoms with Crippen molar-refractivity contribution >= 4 is 27.4 Å². The zero-order valence-electron chi connectivity index (χ0n) is 11.6. The first-order chi connectivity index (χ1) is 10.2. The molecule has 0 unspecified atom stereocenters. The van der Waals surface area contributed by atoms with Gasteiger partial charge in [-0.05, 0) is 12.5 Å². The molecular formula is C13H14N6OS. The Hall–Kier alpha value is -2.32. The second-order valence-corrected chi connectivity index (χ2v) is 5.39. The first kappa shape index (κ1) is 13.7. The van der Waals surface area contributed by atoms with Crippen molar-refractivity contribution in [3.63, 3.8) is 0 Å². The van der Waals surface area contributed by atoms with Crippen molar-refractivity contribution in [2.45, 2.75) is 13.3 Å². The number of aromatic nitrogens is 4. The van der Waals surface area contributed by atoms with Gasteiger partial charge in [0.1, 0.15) is 16.9 Å². The molecule has 0 aliphatic rings. The molecule has 108 valence electrons. The topological polar surface area (TPSA) is 98.8 Å². The van der Waals surface area contributed by atoms with E-state index in [-0.39, 0.29) is 0 Å². The molecule has 0 aliphatic heterocycles. The smallest absolute Gasteiger partial charge is 0.216 e. The summed E-state index contributed by atoms with van der Waals surface area (Å²) in [5.74, 6) is 7.11. The Bertz CT molecular complexity index is 787. The van der Waals surface area contributed by atoms with E-state index in [1.807, 2.05) is 0 Å². The summed E-state index contributed by atoms with van der Waals surface area (Å²) in [5.41, 5.74) is 3.22. The molecule has 0 saturated heterocycles. The number of fused-ring (bicyclic) bond motifs is 1. The molecule has 0 aliphatic carbocycles. The zero-order valence-corrected chi connectivity index (χ0v) is 12.4. The van der Waals surface area contributed by atoms with Crippen molar-refractivity contribution < 1.29 is 4.74 Å². The fourth-order valence-corrected chi connectivity index (χ4v) is 2.91. The highest BCUT2D eigenvalue weighted by Gasteiger charge is 2.13. The zero-order chi connectivity index (χ0) is 14.8. The monoisotopic (exact) mass is 302 g/mol. The van der Waals surface area contributed by atoms with Gasteiger partial charge in [-0.2, -0.15) is 0 Å². The maximum atomic E-state index is 5.58. The minimum Gasteiger partial charge on any atom is -0.481 e. The summed E-state index contributed by atoms with van der Waals surface area (Å²) >= 11 is 1.62. The number of hydrazine groups is 1. The van der Waals surface area contributed by atoms with Crippen LogP contribution < -0.4 is 16.0 Å². The number of nitrogens with zero attached hydrogens (tertiary/aromatic N) is 4. The van der Waals surface area contributed by atoms with Crippen LogP contribution in [0.5, 0.6) is 5.88 Å². The summed E-state index contributed by atoms with van der Waals surface area (Å²) in [6.45, 7) is 2.10. The van der Waals surface area contributed by atoms with Gasteiger partial charge >= 0.3 is 0 Å². The standard InChI is InChI=1S/C13H14N6OS/c1-3-7-4-8-11(19-14)17-12(18-13(8)21-7)9-5-10(20-2)16-6-15-9/h4-6H,3,14H2,1-2H3,(H,17,18,19). The summed E-state index contributed by atoms with van der Waals surface area (Å²) in [7, 11) is 1.55. The number of thiophene rings is 1. The van der Waals surface area contributed by atoms with Crippen molar-refractivity contribution in [1.82, 2.24) is 19.9 Å². The summed E-state index contributed by atoms with van der Waals surface area (Å²) in [6, 6.07) is 3.75. The highest BCUT2D eigenvalue weighted by Crippen LogP contribution is 2.31. The Kier molecular flexibility index (Phi) is 3.63. The average molecular weight is 302 g/mol. The van der Waals surface area contributed by atoms with Gasteiger partial charge in [-0.15, -0.1) is 11.3 Å². The number of methoxy groups -OCH3 is 1. The fraction of sp³-hybridized carbons (Fsp3) is 0.231. The summed E-state index contributed by atoms with van der Waals surface area (Å²) in [6.07, 6.45) is 2.37. The first-order valence-electron chi connectivity index (χ1n) is 6.38. The van der Waals surface area contributed by atoms with Gasteiger partial charge in [0.15, 0.2) is 11.6 Å². The summed E-state index contributed by atoms with van der Waals surface area (Å²) in [5, 5.41) is 0.920. The van der Waals surface area contributed by atoms with Crippen molar-refractivity contribution in [1.29, 1.82) is 0 Å². The molecule has 3 aromatic rings. The van der Waals surface area contributed by atoms with Crippen molar-refractivity contribution in [3.05, 3.63) is 23.3 Å². The normalized spacial score (nSPS) is 10.8. The SMILES string of the molecule is CCc1cc2c(NN)nc(-c3cc(OC)ncn3)nc2s1. The molecule has 0 fully saturated rings. The molecule has 8 heteroatoms. The molecule has 0 bridgehead atoms. The van der Waals surface area contributed by atoms with E-state index >= 15 is 0 Å². The molecule has 0 amide bonds. The molecule has 3 rings (SSSR count). The van der Waals surface area contributed by atoms with Gasteiger partial charge < -0.3 is 10.2 Å². The number of rotatable bonds is 4. The van der Waals surface area contributed by atoms with Gasteiger partial charge in [-0.3, -0.25) is 0 Å². The quantitative estimate of drug-likeness (QED) is 0.561. The maximum Gasteiger partial charge on any atom is 0.216 e. The molecule has 0 aromatic carbocycles. The largest absolute Gasteiger partial charge is 0.481 e. The molecule has 0 radical (unpaired) electrons. The molecule has 0 saturated carbocycles. The van der Waals surface area contributed by atoms with E-state index < -0.39 is 0 Å². The number of nitrogen functional groups attached to an aromatic ring is 1. The Morgan fingerprint density at radius 3 is 2.86 bits per heavy atom. The van der Waals surface area contributed by atoms with Gasteiger partial charge in [0.05, 0.1) is 12.5 Å². The average Bonchev–Trinajstić information content (AvgIpc) is 2.97. The molecular weight excluding hydrogens is 288 g/mol. The van der Waals surface area contributed by atoms with E-state index in [4.69, 9.17) is 10.6 Å². The van der Waals surface area contributed by atoms with Crippen molar-refractivity contribution in [2.24, 2.45) is 5.84 Å². The third-order valence-electron chi connectivity index (χ3n) is 3.01. The highest BCUT2D eigenvalue weighted by atomic mass is 32.1. The lowest BCUT2D eigenvalue weighted by atomic mass is 10.3. The van der Waals surface area contributed by atoms with E-state index in [9.17, 15) is 0 Å². The Labute approximate surface area is 125 Å². The van der Waals surface area contributed by atoms with Crippen molar-refractivity contribution in [2.75, 3.05) is 12.5 Å². The van der Waals surface area contributed by atoms with Crippen LogP contribution in [-0.4, -0.2) is 27.0 Å². The second-order valence-electron chi connectivity index (χ2n) is 4.27. The lowest BCUT2D eigenvalue weighted by Gasteiger charge is -2.05. The van der Waals surface area contributed by atoms with Gasteiger partial charge in [0.2, 0.25) is 5.88 Å². The number of ether oxygens (including phenoxy) is 1. The van der Waals surface area contributed by atoms with Gasteiger partial charge in [-0.1, -0.05) is 6.92 Å². The number of hydrogen-bond donors (Lipinski definition) is 2. The predicted molar refractivity (Wildman–Crippen MR) is 82.2 cm³/mol. The second kappa shape index (κ2) is 5.58. The van der Waals surface area contributed by atoms with Gasteiger partial charge in [0.25, 0.3) is 0 Å². The van der Waals surface area contributed by atoms with Crippen LogP contribution in [0.25, 0.3) is 21.7 Å². The Morgan fingerprint density at radius 1 is 1.29 bits per heavy atom. The van der Waals surface area contributed by atoms with Crippen LogP contribution in [0.4, 0.5) is 5.82 Å². The third-order valence-corrected chi connectivity index (χ3v) is 4.18. The molecule has 21 heavy (non-hydrogen) atoms. The Balaban J connectivity index is 2.18. The Morgan fingerprint density at radius 2 is 2.14 bits per heavy atom. The molecule has 3 aromatic heterocycles. The lowest BCUT2D eigenvalue weighted by Crippen LogP contribution is -2.10. The number of nitrogens with one attached hydrogen (secondary N) is 1. The fourth-order valence-electron chi connectivity index (χ4n) is 1.94. The van der Waals surface area contributed by atoms with Crippen LogP contribution in [0.1, 0.15) is 11.8 Å². The van der Waals surface area contributed by atoms with Gasteiger partial charge in [-0.25, -0.2) is 25.8 Å². The highest BCUT2D eigenvalue weighted by molar-refractivity contribution is 7.18. The summed E-state index contributed by atoms with van der Waals surface area (Å²) in [4.78, 5) is 19.3. The van der Waals surface area contributed by atoms with Crippen LogP contribution in [-0.2, 0) is 6.42 Å². The lowest BCUT2D eigenvalue weighted by molar-refractivity contribution is 0.397. The van der Waals surface area contributed by atoms with Crippen LogP contribution in [0.15, 0.2) is 18.5 Å². The number of hydrogen-bond acceptors (Lipinski definition) is 8. The number of nitrogens with two attached hydrogens (primary N) is 1. The van der Waals surface area contributed by atoms with Crippen LogP contribution in [0.2, 0.25) is 0 Å². The maximum absolute atomic E-state index is 5.58. The molecule has 3 N–H and O–H groups in total. The number of aryl methyl sites for hydroxylation is 1.